The van der Waals surface area contributed by atoms with E-state index in [1.807, 2.05) is 32.9 Å². The van der Waals surface area contributed by atoms with E-state index in [4.69, 9.17) is 9.47 Å². The topological polar surface area (TPSA) is 47.6 Å². The van der Waals surface area contributed by atoms with E-state index in [1.54, 1.807) is 13.2 Å². The number of methoxy groups -OCH3 is 1. The molecule has 3 rings (SSSR count). The van der Waals surface area contributed by atoms with E-state index in [2.05, 4.69) is 4.72 Å². The van der Waals surface area contributed by atoms with E-state index in [9.17, 15) is 17.4 Å². The summed E-state index contributed by atoms with van der Waals surface area (Å²) in [6.45, 7) is 5.99. The Bertz CT molecular complexity index is 783. The van der Waals surface area contributed by atoms with Crippen LogP contribution in [0, 0.1) is 5.41 Å². The molecule has 4 nitrogen and oxygen atoms in total. The Morgan fingerprint density at radius 1 is 1.19 bits per heavy atom. The molecule has 2 atom stereocenters. The summed E-state index contributed by atoms with van der Waals surface area (Å²) in [7, 11) is 0.561. The Labute approximate surface area is 185 Å². The maximum atomic E-state index is 12.7. The lowest BCUT2D eigenvalue weighted by atomic mass is 9.65. The smallest absolute Gasteiger partial charge is 0.392 e. The summed E-state index contributed by atoms with van der Waals surface area (Å²) in [5.41, 5.74) is 2.38. The molecule has 0 radical (unpaired) electrons. The molecule has 0 saturated heterocycles. The van der Waals surface area contributed by atoms with Crippen molar-refractivity contribution >= 4 is 11.0 Å². The largest absolute Gasteiger partial charge is 0.493 e. The van der Waals surface area contributed by atoms with Gasteiger partial charge in [0.15, 0.2) is 0 Å². The van der Waals surface area contributed by atoms with Crippen LogP contribution in [-0.2, 0) is 22.1 Å². The van der Waals surface area contributed by atoms with Gasteiger partial charge >= 0.3 is 6.18 Å². The van der Waals surface area contributed by atoms with E-state index in [0.29, 0.717) is 12.3 Å². The van der Waals surface area contributed by atoms with E-state index in [1.165, 1.54) is 5.56 Å². The van der Waals surface area contributed by atoms with Crippen molar-refractivity contribution < 1.29 is 26.9 Å². The van der Waals surface area contributed by atoms with Gasteiger partial charge in [0.1, 0.15) is 5.75 Å². The molecule has 1 spiro atoms. The Kier molecular flexibility index (Phi) is 7.43. The summed E-state index contributed by atoms with van der Waals surface area (Å²) in [4.78, 5) is 0. The third-order valence-electron chi connectivity index (χ3n) is 6.67. The van der Waals surface area contributed by atoms with Crippen molar-refractivity contribution in [2.45, 2.75) is 82.2 Å². The Morgan fingerprint density at radius 3 is 2.45 bits per heavy atom. The first-order chi connectivity index (χ1) is 14.4. The number of benzene rings is 1. The third kappa shape index (κ3) is 6.02. The molecule has 1 aromatic rings. The SMILES string of the molecule is COC1CCC2(CC1)Cc1ccc(OCCC(F)(F)F)cc1C2CNS(=O)C(C)(C)C. The molecule has 1 N–H and O–H groups in total. The van der Waals surface area contributed by atoms with Gasteiger partial charge < -0.3 is 9.47 Å². The van der Waals surface area contributed by atoms with Gasteiger partial charge in [-0.15, -0.1) is 0 Å². The lowest BCUT2D eigenvalue weighted by molar-refractivity contribution is -0.139. The van der Waals surface area contributed by atoms with Gasteiger partial charge in [0, 0.05) is 19.6 Å². The zero-order chi connectivity index (χ0) is 22.9. The van der Waals surface area contributed by atoms with Crippen LogP contribution in [0.25, 0.3) is 0 Å². The highest BCUT2D eigenvalue weighted by Gasteiger charge is 2.48. The highest BCUT2D eigenvalue weighted by Crippen LogP contribution is 2.55. The van der Waals surface area contributed by atoms with Crippen LogP contribution in [0.3, 0.4) is 0 Å². The van der Waals surface area contributed by atoms with E-state index >= 15 is 0 Å². The predicted molar refractivity (Wildman–Crippen MR) is 117 cm³/mol. The van der Waals surface area contributed by atoms with Crippen molar-refractivity contribution in [2.24, 2.45) is 5.41 Å². The molecule has 8 heteroatoms. The number of ether oxygens (including phenoxy) is 2. The minimum absolute atomic E-state index is 0.0526. The van der Waals surface area contributed by atoms with Crippen molar-refractivity contribution in [3.8, 4) is 5.75 Å². The zero-order valence-electron chi connectivity index (χ0n) is 18.8. The van der Waals surface area contributed by atoms with Crippen LogP contribution in [0.1, 0.15) is 69.9 Å². The summed E-state index contributed by atoms with van der Waals surface area (Å²) < 4.78 is 64.0. The van der Waals surface area contributed by atoms with Crippen molar-refractivity contribution in [3.05, 3.63) is 29.3 Å². The van der Waals surface area contributed by atoms with Crippen LogP contribution in [0.5, 0.6) is 5.75 Å². The Balaban J connectivity index is 1.80. The average Bonchev–Trinajstić information content (AvgIpc) is 2.97. The van der Waals surface area contributed by atoms with Crippen LogP contribution >= 0.6 is 0 Å². The summed E-state index contributed by atoms with van der Waals surface area (Å²) >= 11 is 0. The fraction of sp³-hybridized carbons (Fsp3) is 0.739. The summed E-state index contributed by atoms with van der Waals surface area (Å²) in [6.07, 6.45) is -0.00973. The van der Waals surface area contributed by atoms with Gasteiger partial charge in [0.25, 0.3) is 0 Å². The van der Waals surface area contributed by atoms with E-state index in [0.717, 1.165) is 37.7 Å². The number of fused-ring (bicyclic) bond motifs is 1. The Morgan fingerprint density at radius 2 is 1.87 bits per heavy atom. The Hall–Kier alpha value is -1.12. The monoisotopic (exact) mass is 461 g/mol. The van der Waals surface area contributed by atoms with Crippen molar-refractivity contribution in [2.75, 3.05) is 20.3 Å². The normalized spacial score (nSPS) is 27.3. The first-order valence-corrected chi connectivity index (χ1v) is 12.1. The van der Waals surface area contributed by atoms with Crippen molar-refractivity contribution in [1.29, 1.82) is 0 Å². The van der Waals surface area contributed by atoms with Crippen LogP contribution in [0.4, 0.5) is 13.2 Å². The van der Waals surface area contributed by atoms with Crippen LogP contribution < -0.4 is 9.46 Å². The number of halogens is 3. The standard InChI is InChI=1S/C23H34F3NO3S/c1-21(2,3)31(28)27-15-20-19-13-18(30-12-11-23(24,25)26)6-5-16(19)14-22(20)9-7-17(29-4)8-10-22/h5-6,13,17,20,27H,7-12,14-15H2,1-4H3. The van der Waals surface area contributed by atoms with Crippen LogP contribution in [-0.4, -0.2) is 41.5 Å². The first kappa shape index (κ1) is 24.5. The highest BCUT2D eigenvalue weighted by atomic mass is 32.2. The van der Waals surface area contributed by atoms with Gasteiger partial charge in [-0.05, 0) is 81.5 Å². The van der Waals surface area contributed by atoms with Gasteiger partial charge in [0.2, 0.25) is 0 Å². The van der Waals surface area contributed by atoms with Crippen LogP contribution in [0.2, 0.25) is 0 Å². The fourth-order valence-electron chi connectivity index (χ4n) is 4.89. The number of alkyl halides is 3. The molecule has 1 aromatic carbocycles. The quantitative estimate of drug-likeness (QED) is 0.601. The number of rotatable bonds is 7. The van der Waals surface area contributed by atoms with E-state index < -0.39 is 23.6 Å². The van der Waals surface area contributed by atoms with Crippen molar-refractivity contribution in [3.63, 3.8) is 0 Å². The highest BCUT2D eigenvalue weighted by molar-refractivity contribution is 7.84. The number of nitrogens with one attached hydrogen (secondary N) is 1. The predicted octanol–water partition coefficient (Wildman–Crippen LogP) is 5.28. The van der Waals surface area contributed by atoms with Gasteiger partial charge in [0.05, 0.1) is 34.9 Å². The molecule has 0 bridgehead atoms. The molecule has 0 heterocycles. The molecular formula is C23H34F3NO3S. The summed E-state index contributed by atoms with van der Waals surface area (Å²) in [6, 6.07) is 5.66. The first-order valence-electron chi connectivity index (χ1n) is 10.9. The lowest BCUT2D eigenvalue weighted by Crippen LogP contribution is -2.41. The molecule has 31 heavy (non-hydrogen) atoms. The van der Waals surface area contributed by atoms with Gasteiger partial charge in [-0.3, -0.25) is 0 Å². The third-order valence-corrected chi connectivity index (χ3v) is 8.21. The molecule has 2 unspecified atom stereocenters. The fourth-order valence-corrected chi connectivity index (χ4v) is 5.65. The molecule has 0 aromatic heterocycles. The molecule has 176 valence electrons. The lowest BCUT2D eigenvalue weighted by Gasteiger charge is -2.42. The summed E-state index contributed by atoms with van der Waals surface area (Å²) in [5, 5.41) is 0. The van der Waals surface area contributed by atoms with Gasteiger partial charge in [-0.1, -0.05) is 6.07 Å². The number of hydrogen-bond donors (Lipinski definition) is 1. The minimum Gasteiger partial charge on any atom is -0.493 e. The summed E-state index contributed by atoms with van der Waals surface area (Å²) in [5.74, 6) is 0.602. The second-order valence-corrected chi connectivity index (χ2v) is 11.9. The maximum Gasteiger partial charge on any atom is 0.392 e. The van der Waals surface area contributed by atoms with Gasteiger partial charge in [-0.2, -0.15) is 13.2 Å². The van der Waals surface area contributed by atoms with E-state index in [-0.39, 0.29) is 28.8 Å². The molecule has 2 aliphatic rings. The molecule has 0 amide bonds. The molecule has 2 aliphatic carbocycles. The minimum atomic E-state index is -4.23. The van der Waals surface area contributed by atoms with Crippen molar-refractivity contribution in [1.82, 2.24) is 4.72 Å². The molecular weight excluding hydrogens is 427 g/mol. The maximum absolute atomic E-state index is 12.7. The van der Waals surface area contributed by atoms with Crippen LogP contribution in [0.15, 0.2) is 18.2 Å². The van der Waals surface area contributed by atoms with Gasteiger partial charge in [-0.25, -0.2) is 8.93 Å². The molecule has 1 fully saturated rings. The second kappa shape index (κ2) is 9.40. The number of hydrogen-bond acceptors (Lipinski definition) is 3. The second-order valence-electron chi connectivity index (χ2n) is 9.83. The average molecular weight is 462 g/mol. The molecule has 0 aliphatic heterocycles. The zero-order valence-corrected chi connectivity index (χ0v) is 19.6. The molecule has 1 saturated carbocycles.